The van der Waals surface area contributed by atoms with Crippen LogP contribution < -0.4 is 10.2 Å². The minimum atomic E-state index is -0.286. The van der Waals surface area contributed by atoms with Crippen molar-refractivity contribution in [2.24, 2.45) is 0 Å². The predicted molar refractivity (Wildman–Crippen MR) is 167 cm³/mol. The number of rotatable bonds is 8. The molecule has 1 aromatic carbocycles. The number of amides is 1. The highest BCUT2D eigenvalue weighted by atomic mass is 32.2. The molecule has 0 unspecified atom stereocenters. The Balaban J connectivity index is 1.01. The lowest BCUT2D eigenvalue weighted by Crippen LogP contribution is -2.36. The lowest BCUT2D eigenvalue weighted by atomic mass is 9.94. The molecule has 5 aromatic rings. The Labute approximate surface area is 259 Å². The van der Waals surface area contributed by atoms with Gasteiger partial charge in [0, 0.05) is 56.8 Å². The van der Waals surface area contributed by atoms with Crippen molar-refractivity contribution in [2.75, 3.05) is 49.6 Å². The fourth-order valence-electron chi connectivity index (χ4n) is 5.46. The summed E-state index contributed by atoms with van der Waals surface area (Å²) < 4.78 is 14.9. The molecule has 0 bridgehead atoms. The number of carbonyl (C=O) groups excluding carboxylic acids is 1. The molecule has 13 heteroatoms. The third-order valence-electron chi connectivity index (χ3n) is 7.94. The van der Waals surface area contributed by atoms with E-state index in [9.17, 15) is 4.79 Å². The molecule has 2 aliphatic rings. The van der Waals surface area contributed by atoms with E-state index in [-0.39, 0.29) is 11.8 Å². The number of pyridine rings is 1. The van der Waals surface area contributed by atoms with Crippen molar-refractivity contribution in [3.05, 3.63) is 90.1 Å². The second kappa shape index (κ2) is 12.7. The molecule has 0 spiro atoms. The van der Waals surface area contributed by atoms with Gasteiger partial charge in [-0.05, 0) is 50.1 Å². The van der Waals surface area contributed by atoms with E-state index in [1.807, 2.05) is 60.6 Å². The summed E-state index contributed by atoms with van der Waals surface area (Å²) in [5.74, 6) is 1.52. The third-order valence-corrected chi connectivity index (χ3v) is 8.66. The van der Waals surface area contributed by atoms with E-state index < -0.39 is 0 Å². The molecule has 4 aromatic heterocycles. The first-order valence-corrected chi connectivity index (χ1v) is 15.5. The van der Waals surface area contributed by atoms with Gasteiger partial charge < -0.3 is 15.0 Å². The number of nitrogens with one attached hydrogen (secondary N) is 1. The van der Waals surface area contributed by atoms with Crippen LogP contribution in [0.25, 0.3) is 11.3 Å². The summed E-state index contributed by atoms with van der Waals surface area (Å²) in [7, 11) is 0. The summed E-state index contributed by atoms with van der Waals surface area (Å²) in [4.78, 5) is 25.5. The maximum Gasteiger partial charge on any atom is 0.262 e. The molecule has 0 saturated carbocycles. The van der Waals surface area contributed by atoms with Crippen molar-refractivity contribution < 1.29 is 13.8 Å². The lowest BCUT2D eigenvalue weighted by molar-refractivity contribution is -0.0567. The Morgan fingerprint density at radius 3 is 2.61 bits per heavy atom. The molecule has 0 aliphatic carbocycles. The summed E-state index contributed by atoms with van der Waals surface area (Å²) in [5.41, 5.74) is 3.87. The minimum absolute atomic E-state index is 0.232. The van der Waals surface area contributed by atoms with Gasteiger partial charge in [-0.3, -0.25) is 4.79 Å². The molecule has 2 fully saturated rings. The molecule has 6 heterocycles. The topological polar surface area (TPSA) is 115 Å². The molecule has 12 nitrogen and oxygen atoms in total. The first-order valence-electron chi connectivity index (χ1n) is 14.8. The number of aryl methyl sites for hydroxylation is 1. The summed E-state index contributed by atoms with van der Waals surface area (Å²) in [6.07, 6.45) is 8.57. The van der Waals surface area contributed by atoms with Gasteiger partial charge in [-0.25, -0.2) is 23.4 Å². The van der Waals surface area contributed by atoms with Crippen LogP contribution in [0.4, 0.5) is 11.6 Å². The van der Waals surface area contributed by atoms with Gasteiger partial charge in [0.25, 0.3) is 5.91 Å². The van der Waals surface area contributed by atoms with Crippen molar-refractivity contribution >= 4 is 35.2 Å². The van der Waals surface area contributed by atoms with E-state index in [1.54, 1.807) is 27.7 Å². The molecule has 7 rings (SSSR count). The van der Waals surface area contributed by atoms with Gasteiger partial charge in [-0.1, -0.05) is 17.7 Å². The van der Waals surface area contributed by atoms with Crippen LogP contribution in [0.1, 0.15) is 40.4 Å². The highest BCUT2D eigenvalue weighted by molar-refractivity contribution is 7.94. The molecule has 1 amide bonds. The normalized spacial score (nSPS) is 16.4. The Morgan fingerprint density at radius 2 is 1.84 bits per heavy atom. The zero-order chi connectivity index (χ0) is 29.9. The zero-order valence-electron chi connectivity index (χ0n) is 24.4. The van der Waals surface area contributed by atoms with Gasteiger partial charge in [0.1, 0.15) is 17.2 Å². The SMILES string of the molecule is Cc1ccc(-n2nc(C3CCN(OSc4ccc(N5CCOCC5)nc4)CC3)cc2NC(=O)c2cnn3cccnc23)cc1. The number of hydrogen-bond acceptors (Lipinski definition) is 10. The molecule has 1 N–H and O–H groups in total. The van der Waals surface area contributed by atoms with Crippen molar-refractivity contribution in [1.29, 1.82) is 0 Å². The molecule has 44 heavy (non-hydrogen) atoms. The standard InChI is InChI=1S/C31H33N9O3S/c1-22-3-5-24(6-4-22)40-29(35-31(41)26-21-34-39-12-2-11-32-30(26)39)19-27(36-40)23-9-13-38(14-10-23)43-44-25-7-8-28(33-20-25)37-15-17-42-18-16-37/h2-8,11-12,19-21,23H,9-10,13-18H2,1H3,(H,35,41). The number of morpholine rings is 1. The molecular formula is C31H33N9O3S. The average molecular weight is 612 g/mol. The number of nitrogens with zero attached hydrogens (tertiary/aromatic N) is 8. The summed E-state index contributed by atoms with van der Waals surface area (Å²) in [6.45, 7) is 6.78. The molecule has 0 radical (unpaired) electrons. The number of hydrogen-bond donors (Lipinski definition) is 1. The average Bonchev–Trinajstić information content (AvgIpc) is 3.70. The van der Waals surface area contributed by atoms with Crippen molar-refractivity contribution in [3.63, 3.8) is 0 Å². The number of fused-ring (bicyclic) bond motifs is 1. The van der Waals surface area contributed by atoms with E-state index in [0.717, 1.165) is 79.9 Å². The number of piperidine rings is 1. The second-order valence-electron chi connectivity index (χ2n) is 10.9. The summed E-state index contributed by atoms with van der Waals surface area (Å²) >= 11 is 1.33. The summed E-state index contributed by atoms with van der Waals surface area (Å²) in [6, 6.07) is 15.9. The van der Waals surface area contributed by atoms with Gasteiger partial charge in [0.05, 0.1) is 47.7 Å². The van der Waals surface area contributed by atoms with Crippen LogP contribution >= 0.6 is 12.0 Å². The van der Waals surface area contributed by atoms with Crippen LogP contribution in [-0.4, -0.2) is 79.7 Å². The van der Waals surface area contributed by atoms with Crippen LogP contribution in [-0.2, 0) is 9.02 Å². The van der Waals surface area contributed by atoms with Crippen LogP contribution in [0.15, 0.2) is 78.2 Å². The van der Waals surface area contributed by atoms with Gasteiger partial charge in [-0.15, -0.1) is 0 Å². The van der Waals surface area contributed by atoms with E-state index in [4.69, 9.17) is 14.1 Å². The van der Waals surface area contributed by atoms with Crippen molar-refractivity contribution in [3.8, 4) is 5.69 Å². The highest BCUT2D eigenvalue weighted by Crippen LogP contribution is 2.32. The third kappa shape index (κ3) is 6.17. The quantitative estimate of drug-likeness (QED) is 0.251. The number of ether oxygens (including phenoxy) is 1. The maximum absolute atomic E-state index is 13.4. The zero-order valence-corrected chi connectivity index (χ0v) is 25.2. The lowest BCUT2D eigenvalue weighted by Gasteiger charge is -2.29. The smallest absolute Gasteiger partial charge is 0.262 e. The van der Waals surface area contributed by atoms with E-state index in [2.05, 4.69) is 25.3 Å². The van der Waals surface area contributed by atoms with E-state index in [1.165, 1.54) is 18.2 Å². The molecule has 226 valence electrons. The molecule has 2 saturated heterocycles. The van der Waals surface area contributed by atoms with Crippen molar-refractivity contribution in [2.45, 2.75) is 30.6 Å². The number of anilines is 2. The molecular weight excluding hydrogens is 578 g/mol. The van der Waals surface area contributed by atoms with Gasteiger partial charge >= 0.3 is 0 Å². The Bertz CT molecular complexity index is 1720. The molecule has 2 aliphatic heterocycles. The maximum atomic E-state index is 13.4. The van der Waals surface area contributed by atoms with Gasteiger partial charge in [-0.2, -0.15) is 15.3 Å². The van der Waals surface area contributed by atoms with Crippen LogP contribution in [0.5, 0.6) is 0 Å². The van der Waals surface area contributed by atoms with Gasteiger partial charge in [0.2, 0.25) is 0 Å². The number of aromatic nitrogens is 6. The Morgan fingerprint density at radius 1 is 1.02 bits per heavy atom. The first kappa shape index (κ1) is 28.5. The van der Waals surface area contributed by atoms with E-state index >= 15 is 0 Å². The fraction of sp³-hybridized carbons (Fsp3) is 0.323. The van der Waals surface area contributed by atoms with Gasteiger partial charge in [0.15, 0.2) is 5.65 Å². The Kier molecular flexibility index (Phi) is 8.24. The summed E-state index contributed by atoms with van der Waals surface area (Å²) in [5, 5.41) is 14.3. The first-order chi connectivity index (χ1) is 21.6. The fourth-order valence-corrected chi connectivity index (χ4v) is 6.02. The number of carbonyl (C=O) groups is 1. The van der Waals surface area contributed by atoms with Crippen molar-refractivity contribution in [1.82, 2.24) is 34.4 Å². The molecule has 0 atom stereocenters. The largest absolute Gasteiger partial charge is 0.378 e. The monoisotopic (exact) mass is 611 g/mol. The highest BCUT2D eigenvalue weighted by Gasteiger charge is 2.26. The van der Waals surface area contributed by atoms with Crippen LogP contribution in [0.2, 0.25) is 0 Å². The number of benzene rings is 1. The predicted octanol–water partition coefficient (Wildman–Crippen LogP) is 4.53. The second-order valence-corrected chi connectivity index (χ2v) is 11.7. The van der Waals surface area contributed by atoms with E-state index in [0.29, 0.717) is 17.0 Å². The van der Waals surface area contributed by atoms with Crippen LogP contribution in [0, 0.1) is 6.92 Å². The Hall–Kier alpha value is -4.30. The number of hydroxylamine groups is 2. The van der Waals surface area contributed by atoms with Crippen LogP contribution in [0.3, 0.4) is 0 Å². The minimum Gasteiger partial charge on any atom is -0.378 e.